The first-order chi connectivity index (χ1) is 19.4. The number of aromatic nitrogens is 1. The number of carbonyl (C=O) groups excluding carboxylic acids is 2. The highest BCUT2D eigenvalue weighted by molar-refractivity contribution is 6.07. The van der Waals surface area contributed by atoms with Crippen LogP contribution < -0.4 is 20.5 Å². The summed E-state index contributed by atoms with van der Waals surface area (Å²) in [6, 6.07) is 18.2. The number of hydrogen-bond donors (Lipinski definition) is 1. The molecule has 3 aliphatic rings. The maximum absolute atomic E-state index is 13.5. The Morgan fingerprint density at radius 3 is 2.52 bits per heavy atom. The minimum atomic E-state index is -0.241. The molecule has 1 aromatic heterocycles. The lowest BCUT2D eigenvalue weighted by molar-refractivity contribution is 0.0683. The number of anilines is 2. The van der Waals surface area contributed by atoms with Crippen molar-refractivity contribution in [2.75, 3.05) is 43.5 Å². The molecule has 2 aromatic carbocycles. The summed E-state index contributed by atoms with van der Waals surface area (Å²) in [5.74, 6) is 1.47. The van der Waals surface area contributed by atoms with E-state index in [9.17, 15) is 14.4 Å². The number of hydrogen-bond acceptors (Lipinski definition) is 5. The highest BCUT2D eigenvalue weighted by atomic mass is 16.5. The number of pyridine rings is 1. The Hall–Kier alpha value is -4.07. The summed E-state index contributed by atoms with van der Waals surface area (Å²) in [5, 5.41) is 3.12. The van der Waals surface area contributed by atoms with Gasteiger partial charge in [0.2, 0.25) is 0 Å². The van der Waals surface area contributed by atoms with Crippen LogP contribution in [0.5, 0.6) is 5.75 Å². The zero-order valence-corrected chi connectivity index (χ0v) is 23.1. The molecular weight excluding hydrogens is 504 g/mol. The molecule has 3 aliphatic heterocycles. The molecule has 2 amide bonds. The fraction of sp³-hybridized carbons (Fsp3) is 0.406. The van der Waals surface area contributed by atoms with E-state index in [0.717, 1.165) is 56.8 Å². The molecule has 40 heavy (non-hydrogen) atoms. The van der Waals surface area contributed by atoms with Gasteiger partial charge in [-0.3, -0.25) is 14.4 Å². The molecule has 4 heterocycles. The standard InChI is InChI=1S/C32H36N4O4/c1-21-5-4-14-34(17-21)32(39)24-10-13-29(27(16-24)33-31(38)23-8-11-26(40-2)12-9-23)35-18-22-15-25(20-35)28-6-3-7-30(37)36(28)19-22/h3,6-13,16,21-22,25H,4-5,14-15,17-20H2,1-2H3,(H,33,38). The molecule has 1 N–H and O–H groups in total. The third kappa shape index (κ3) is 5.10. The number of ether oxygens (including phenoxy) is 1. The minimum Gasteiger partial charge on any atom is -0.497 e. The summed E-state index contributed by atoms with van der Waals surface area (Å²) in [4.78, 5) is 43.6. The van der Waals surface area contributed by atoms with E-state index in [-0.39, 0.29) is 23.3 Å². The first-order valence-electron chi connectivity index (χ1n) is 14.2. The topological polar surface area (TPSA) is 83.9 Å². The molecule has 2 bridgehead atoms. The Balaban J connectivity index is 1.32. The predicted molar refractivity (Wildman–Crippen MR) is 155 cm³/mol. The Kier molecular flexibility index (Phi) is 7.09. The zero-order valence-electron chi connectivity index (χ0n) is 23.1. The van der Waals surface area contributed by atoms with Crippen molar-refractivity contribution in [1.29, 1.82) is 0 Å². The van der Waals surface area contributed by atoms with E-state index in [1.165, 1.54) is 0 Å². The van der Waals surface area contributed by atoms with E-state index < -0.39 is 0 Å². The van der Waals surface area contributed by atoms with Crippen LogP contribution in [0.15, 0.2) is 65.5 Å². The lowest BCUT2D eigenvalue weighted by Gasteiger charge is -2.44. The lowest BCUT2D eigenvalue weighted by Crippen LogP contribution is -2.47. The van der Waals surface area contributed by atoms with Crippen molar-refractivity contribution in [2.24, 2.45) is 11.8 Å². The van der Waals surface area contributed by atoms with E-state index >= 15 is 0 Å². The molecule has 3 unspecified atom stereocenters. The Labute approximate surface area is 234 Å². The minimum absolute atomic E-state index is 0.00172. The van der Waals surface area contributed by atoms with Crippen molar-refractivity contribution in [3.05, 3.63) is 87.8 Å². The maximum atomic E-state index is 13.5. The predicted octanol–water partition coefficient (Wildman–Crippen LogP) is 4.61. The smallest absolute Gasteiger partial charge is 0.255 e. The van der Waals surface area contributed by atoms with Crippen LogP contribution in [0.25, 0.3) is 0 Å². The number of methoxy groups -OCH3 is 1. The fourth-order valence-electron chi connectivity index (χ4n) is 6.63. The highest BCUT2D eigenvalue weighted by Gasteiger charge is 2.35. The van der Waals surface area contributed by atoms with E-state index in [4.69, 9.17) is 4.74 Å². The van der Waals surface area contributed by atoms with Crippen LogP contribution in [0.3, 0.4) is 0 Å². The molecule has 8 heteroatoms. The molecule has 6 rings (SSSR count). The summed E-state index contributed by atoms with van der Waals surface area (Å²) < 4.78 is 7.16. The molecule has 3 aromatic rings. The molecule has 0 saturated carbocycles. The van der Waals surface area contributed by atoms with Crippen LogP contribution >= 0.6 is 0 Å². The van der Waals surface area contributed by atoms with Crippen LogP contribution in [-0.4, -0.2) is 54.6 Å². The van der Waals surface area contributed by atoms with Crippen molar-refractivity contribution >= 4 is 23.2 Å². The second kappa shape index (κ2) is 10.8. The summed E-state index contributed by atoms with van der Waals surface area (Å²) in [6.45, 7) is 5.90. The van der Waals surface area contributed by atoms with Gasteiger partial charge in [-0.25, -0.2) is 0 Å². The molecule has 3 atom stereocenters. The van der Waals surface area contributed by atoms with Crippen molar-refractivity contribution in [2.45, 2.75) is 38.6 Å². The summed E-state index contributed by atoms with van der Waals surface area (Å²) >= 11 is 0. The third-order valence-electron chi connectivity index (χ3n) is 8.61. The molecule has 208 valence electrons. The maximum Gasteiger partial charge on any atom is 0.255 e. The molecular formula is C32H36N4O4. The summed E-state index contributed by atoms with van der Waals surface area (Å²) in [5.41, 5.74) is 3.74. The van der Waals surface area contributed by atoms with Gasteiger partial charge in [0.05, 0.1) is 18.5 Å². The van der Waals surface area contributed by atoms with E-state index in [1.807, 2.05) is 33.7 Å². The second-order valence-corrected chi connectivity index (χ2v) is 11.5. The lowest BCUT2D eigenvalue weighted by atomic mass is 9.83. The number of piperidine rings is 2. The Morgan fingerprint density at radius 1 is 0.950 bits per heavy atom. The number of fused-ring (bicyclic) bond motifs is 4. The van der Waals surface area contributed by atoms with Gasteiger partial charge in [0.1, 0.15) is 5.75 Å². The van der Waals surface area contributed by atoms with Gasteiger partial charge < -0.3 is 24.4 Å². The van der Waals surface area contributed by atoms with Crippen molar-refractivity contribution in [1.82, 2.24) is 9.47 Å². The van der Waals surface area contributed by atoms with Crippen molar-refractivity contribution in [3.63, 3.8) is 0 Å². The fourth-order valence-corrected chi connectivity index (χ4v) is 6.63. The number of rotatable bonds is 5. The summed E-state index contributed by atoms with van der Waals surface area (Å²) in [7, 11) is 1.59. The monoisotopic (exact) mass is 540 g/mol. The van der Waals surface area contributed by atoms with Crippen LogP contribution in [0.1, 0.15) is 58.5 Å². The van der Waals surface area contributed by atoms with E-state index in [0.29, 0.717) is 40.9 Å². The van der Waals surface area contributed by atoms with E-state index in [2.05, 4.69) is 23.2 Å². The number of likely N-dealkylation sites (tertiary alicyclic amines) is 1. The van der Waals surface area contributed by atoms with Crippen LogP contribution in [0.4, 0.5) is 11.4 Å². The van der Waals surface area contributed by atoms with Crippen LogP contribution in [0.2, 0.25) is 0 Å². The number of nitrogens with zero attached hydrogens (tertiary/aromatic N) is 3. The number of nitrogens with one attached hydrogen (secondary N) is 1. The van der Waals surface area contributed by atoms with Gasteiger partial charge in [-0.2, -0.15) is 0 Å². The molecule has 0 radical (unpaired) electrons. The second-order valence-electron chi connectivity index (χ2n) is 11.5. The Morgan fingerprint density at radius 2 is 1.75 bits per heavy atom. The van der Waals surface area contributed by atoms with Crippen molar-refractivity contribution < 1.29 is 14.3 Å². The first-order valence-corrected chi connectivity index (χ1v) is 14.2. The van der Waals surface area contributed by atoms with Gasteiger partial charge in [-0.1, -0.05) is 13.0 Å². The van der Waals surface area contributed by atoms with E-state index in [1.54, 1.807) is 37.4 Å². The van der Waals surface area contributed by atoms with Gasteiger partial charge in [-0.05, 0) is 79.6 Å². The molecule has 8 nitrogen and oxygen atoms in total. The number of benzene rings is 2. The molecule has 2 saturated heterocycles. The SMILES string of the molecule is COc1ccc(C(=O)Nc2cc(C(=O)N3CCCC(C)C3)ccc2N2CC3CC(C2)c2cccc(=O)n2C3)cc1. The zero-order chi connectivity index (χ0) is 27.8. The first kappa shape index (κ1) is 26.2. The van der Waals surface area contributed by atoms with Gasteiger partial charge in [-0.15, -0.1) is 0 Å². The van der Waals surface area contributed by atoms with Crippen molar-refractivity contribution in [3.8, 4) is 5.75 Å². The number of carbonyl (C=O) groups is 2. The van der Waals surface area contributed by atoms with Crippen LogP contribution in [-0.2, 0) is 6.54 Å². The van der Waals surface area contributed by atoms with Crippen LogP contribution in [0, 0.1) is 11.8 Å². The summed E-state index contributed by atoms with van der Waals surface area (Å²) in [6.07, 6.45) is 3.18. The molecule has 2 fully saturated rings. The van der Waals surface area contributed by atoms with Gasteiger partial charge in [0.15, 0.2) is 0 Å². The van der Waals surface area contributed by atoms with Gasteiger partial charge in [0, 0.05) is 61.5 Å². The average molecular weight is 541 g/mol. The third-order valence-corrected chi connectivity index (χ3v) is 8.61. The largest absolute Gasteiger partial charge is 0.497 e. The number of amides is 2. The van der Waals surface area contributed by atoms with Gasteiger partial charge in [0.25, 0.3) is 17.4 Å². The normalized spacial score (nSPS) is 21.9. The highest BCUT2D eigenvalue weighted by Crippen LogP contribution is 2.39. The molecule has 0 aliphatic carbocycles. The quantitative estimate of drug-likeness (QED) is 0.511. The molecule has 0 spiro atoms. The Bertz CT molecular complexity index is 1480. The average Bonchev–Trinajstić information content (AvgIpc) is 2.97. The van der Waals surface area contributed by atoms with Gasteiger partial charge >= 0.3 is 0 Å².